The molecule has 20 heavy (non-hydrogen) atoms. The maximum atomic E-state index is 11.5. The molecule has 4 nitrogen and oxygen atoms in total. The molecule has 3 rings (SSSR count). The van der Waals surface area contributed by atoms with E-state index in [1.54, 1.807) is 12.1 Å². The van der Waals surface area contributed by atoms with Crippen LogP contribution in [0.2, 0.25) is 0 Å². The summed E-state index contributed by atoms with van der Waals surface area (Å²) in [5, 5.41) is 9.40. The first-order valence-electron chi connectivity index (χ1n) is 7.33. The third-order valence-electron chi connectivity index (χ3n) is 4.29. The normalized spacial score (nSPS) is 16.5. The van der Waals surface area contributed by atoms with Crippen LogP contribution in [0.15, 0.2) is 18.2 Å². The Bertz CT molecular complexity index is 656. The molecule has 1 aromatic carbocycles. The molecule has 4 heteroatoms. The SMILES string of the molecule is CCc1nc2cccc(C(=O)O)c2n1CC(C)C1CC1. The number of hydrogen-bond acceptors (Lipinski definition) is 2. The van der Waals surface area contributed by atoms with E-state index in [2.05, 4.69) is 23.4 Å². The second-order valence-electron chi connectivity index (χ2n) is 5.79. The number of carbonyl (C=O) groups is 1. The molecule has 1 aliphatic carbocycles. The van der Waals surface area contributed by atoms with Crippen LogP contribution in [0.1, 0.15) is 42.9 Å². The van der Waals surface area contributed by atoms with Gasteiger partial charge in [-0.25, -0.2) is 9.78 Å². The van der Waals surface area contributed by atoms with Gasteiger partial charge in [0, 0.05) is 13.0 Å². The van der Waals surface area contributed by atoms with Crippen molar-refractivity contribution in [3.63, 3.8) is 0 Å². The lowest BCUT2D eigenvalue weighted by Crippen LogP contribution is -2.13. The summed E-state index contributed by atoms with van der Waals surface area (Å²) in [6.45, 7) is 5.20. The van der Waals surface area contributed by atoms with Crippen LogP contribution in [-0.4, -0.2) is 20.6 Å². The maximum Gasteiger partial charge on any atom is 0.337 e. The Morgan fingerprint density at radius 1 is 1.50 bits per heavy atom. The summed E-state index contributed by atoms with van der Waals surface area (Å²) in [5.41, 5.74) is 1.94. The molecule has 1 atom stereocenters. The number of aromatic carboxylic acids is 1. The zero-order valence-electron chi connectivity index (χ0n) is 12.0. The number of benzene rings is 1. The second kappa shape index (κ2) is 4.93. The van der Waals surface area contributed by atoms with E-state index in [0.29, 0.717) is 11.5 Å². The van der Waals surface area contributed by atoms with Gasteiger partial charge < -0.3 is 9.67 Å². The van der Waals surface area contributed by atoms with E-state index in [4.69, 9.17) is 0 Å². The van der Waals surface area contributed by atoms with Gasteiger partial charge in [0.2, 0.25) is 0 Å². The number of carboxylic acids is 1. The lowest BCUT2D eigenvalue weighted by Gasteiger charge is -2.15. The summed E-state index contributed by atoms with van der Waals surface area (Å²) in [6.07, 6.45) is 3.44. The van der Waals surface area contributed by atoms with Crippen molar-refractivity contribution in [2.75, 3.05) is 0 Å². The molecule has 1 heterocycles. The van der Waals surface area contributed by atoms with Gasteiger partial charge in [-0.15, -0.1) is 0 Å². The van der Waals surface area contributed by atoms with Crippen LogP contribution in [0.3, 0.4) is 0 Å². The summed E-state index contributed by atoms with van der Waals surface area (Å²) in [6, 6.07) is 5.34. The van der Waals surface area contributed by atoms with Gasteiger partial charge >= 0.3 is 5.97 Å². The van der Waals surface area contributed by atoms with Crippen LogP contribution >= 0.6 is 0 Å². The zero-order valence-corrected chi connectivity index (χ0v) is 12.0. The minimum absolute atomic E-state index is 0.359. The van der Waals surface area contributed by atoms with Crippen molar-refractivity contribution in [1.82, 2.24) is 9.55 Å². The summed E-state index contributed by atoms with van der Waals surface area (Å²) in [7, 11) is 0. The van der Waals surface area contributed by atoms with Crippen LogP contribution < -0.4 is 0 Å². The molecule has 1 fully saturated rings. The van der Waals surface area contributed by atoms with E-state index in [1.807, 2.05) is 6.07 Å². The van der Waals surface area contributed by atoms with E-state index in [9.17, 15) is 9.90 Å². The number of para-hydroxylation sites is 1. The number of aromatic nitrogens is 2. The van der Waals surface area contributed by atoms with Crippen molar-refractivity contribution < 1.29 is 9.90 Å². The topological polar surface area (TPSA) is 55.1 Å². The third kappa shape index (κ3) is 2.19. The van der Waals surface area contributed by atoms with Gasteiger partial charge in [0.05, 0.1) is 16.6 Å². The standard InChI is InChI=1S/C16H20N2O2/c1-3-14-17-13-6-4-5-12(16(19)20)15(13)18(14)9-10(2)11-7-8-11/h4-6,10-11H,3,7-9H2,1-2H3,(H,19,20). The Kier molecular flexibility index (Phi) is 3.24. The highest BCUT2D eigenvalue weighted by molar-refractivity contribution is 6.01. The number of aryl methyl sites for hydroxylation is 1. The summed E-state index contributed by atoms with van der Waals surface area (Å²) < 4.78 is 2.13. The average molecular weight is 272 g/mol. The number of fused-ring (bicyclic) bond motifs is 1. The minimum Gasteiger partial charge on any atom is -0.478 e. The molecule has 1 N–H and O–H groups in total. The lowest BCUT2D eigenvalue weighted by molar-refractivity contribution is 0.0698. The third-order valence-corrected chi connectivity index (χ3v) is 4.29. The van der Waals surface area contributed by atoms with Gasteiger partial charge in [-0.2, -0.15) is 0 Å². The molecule has 106 valence electrons. The van der Waals surface area contributed by atoms with Gasteiger partial charge in [0.1, 0.15) is 5.82 Å². The van der Waals surface area contributed by atoms with E-state index in [0.717, 1.165) is 35.7 Å². The molecule has 2 aromatic rings. The monoisotopic (exact) mass is 272 g/mol. The van der Waals surface area contributed by atoms with Gasteiger partial charge in [-0.3, -0.25) is 0 Å². The molecule has 0 radical (unpaired) electrons. The Labute approximate surface area is 118 Å². The minimum atomic E-state index is -0.876. The van der Waals surface area contributed by atoms with Crippen molar-refractivity contribution in [2.45, 2.75) is 39.7 Å². The molecule has 0 bridgehead atoms. The first-order chi connectivity index (χ1) is 9.61. The van der Waals surface area contributed by atoms with Crippen LogP contribution in [-0.2, 0) is 13.0 Å². The first-order valence-corrected chi connectivity index (χ1v) is 7.33. The van der Waals surface area contributed by atoms with Crippen molar-refractivity contribution in [2.24, 2.45) is 11.8 Å². The highest BCUT2D eigenvalue weighted by atomic mass is 16.4. The van der Waals surface area contributed by atoms with Crippen LogP contribution in [0.25, 0.3) is 11.0 Å². The Morgan fingerprint density at radius 3 is 2.85 bits per heavy atom. The van der Waals surface area contributed by atoms with Crippen molar-refractivity contribution in [3.8, 4) is 0 Å². The first kappa shape index (κ1) is 13.2. The molecule has 0 aliphatic heterocycles. The predicted octanol–water partition coefficient (Wildman–Crippen LogP) is 3.34. The quantitative estimate of drug-likeness (QED) is 0.908. The Morgan fingerprint density at radius 2 is 2.25 bits per heavy atom. The fourth-order valence-corrected chi connectivity index (χ4v) is 2.98. The molecule has 0 spiro atoms. The van der Waals surface area contributed by atoms with Crippen molar-refractivity contribution in [3.05, 3.63) is 29.6 Å². The van der Waals surface area contributed by atoms with Crippen molar-refractivity contribution in [1.29, 1.82) is 0 Å². The highest BCUT2D eigenvalue weighted by Crippen LogP contribution is 2.38. The number of hydrogen-bond donors (Lipinski definition) is 1. The molecule has 0 amide bonds. The van der Waals surface area contributed by atoms with E-state index in [1.165, 1.54) is 12.8 Å². The number of rotatable bonds is 5. The summed E-state index contributed by atoms with van der Waals surface area (Å²) in [4.78, 5) is 16.1. The van der Waals surface area contributed by atoms with Crippen LogP contribution in [0.4, 0.5) is 0 Å². The largest absolute Gasteiger partial charge is 0.478 e. The Hall–Kier alpha value is -1.84. The molecule has 1 saturated carbocycles. The molecule has 0 saturated heterocycles. The maximum absolute atomic E-state index is 11.5. The van der Waals surface area contributed by atoms with Gasteiger partial charge in [0.15, 0.2) is 0 Å². The average Bonchev–Trinajstić information content (AvgIpc) is 3.22. The lowest BCUT2D eigenvalue weighted by atomic mass is 10.1. The van der Waals surface area contributed by atoms with Gasteiger partial charge in [-0.05, 0) is 36.8 Å². The van der Waals surface area contributed by atoms with Crippen LogP contribution in [0.5, 0.6) is 0 Å². The molecular formula is C16H20N2O2. The fraction of sp³-hybridized carbons (Fsp3) is 0.500. The summed E-state index contributed by atoms with van der Waals surface area (Å²) >= 11 is 0. The summed E-state index contributed by atoms with van der Waals surface area (Å²) in [5.74, 6) is 1.49. The fourth-order valence-electron chi connectivity index (χ4n) is 2.98. The number of nitrogens with zero attached hydrogens (tertiary/aromatic N) is 2. The van der Waals surface area contributed by atoms with Crippen LogP contribution in [0, 0.1) is 11.8 Å². The highest BCUT2D eigenvalue weighted by Gasteiger charge is 2.29. The molecular weight excluding hydrogens is 252 g/mol. The predicted molar refractivity (Wildman–Crippen MR) is 78.0 cm³/mol. The van der Waals surface area contributed by atoms with Gasteiger partial charge in [-0.1, -0.05) is 19.9 Å². The Balaban J connectivity index is 2.13. The smallest absolute Gasteiger partial charge is 0.337 e. The molecule has 1 aliphatic rings. The van der Waals surface area contributed by atoms with Crippen molar-refractivity contribution >= 4 is 17.0 Å². The van der Waals surface area contributed by atoms with E-state index in [-0.39, 0.29) is 0 Å². The van der Waals surface area contributed by atoms with E-state index < -0.39 is 5.97 Å². The van der Waals surface area contributed by atoms with Gasteiger partial charge in [0.25, 0.3) is 0 Å². The molecule has 1 aromatic heterocycles. The number of imidazole rings is 1. The zero-order chi connectivity index (χ0) is 14.3. The van der Waals surface area contributed by atoms with E-state index >= 15 is 0 Å². The second-order valence-corrected chi connectivity index (χ2v) is 5.79. The molecule has 1 unspecified atom stereocenters. The number of carboxylic acid groups (broad SMARTS) is 1.